The molecule has 1 N–H and O–H groups in total. The van der Waals surface area contributed by atoms with Gasteiger partial charge >= 0.3 is 5.97 Å². The molecule has 3 aliphatic carbocycles. The molecule has 0 heterocycles. The second kappa shape index (κ2) is 2.93. The molecule has 2 bridgehead atoms. The van der Waals surface area contributed by atoms with Gasteiger partial charge in [0.1, 0.15) is 0 Å². The van der Waals surface area contributed by atoms with Crippen molar-refractivity contribution >= 4 is 29.2 Å². The molecule has 1 aromatic rings. The number of benzene rings is 1. The van der Waals surface area contributed by atoms with Crippen LogP contribution >= 0.6 is 23.2 Å². The summed E-state index contributed by atoms with van der Waals surface area (Å²) in [5.74, 6) is -0.667. The van der Waals surface area contributed by atoms with Crippen molar-refractivity contribution in [3.05, 3.63) is 33.8 Å². The van der Waals surface area contributed by atoms with Gasteiger partial charge in [0.2, 0.25) is 0 Å². The molecule has 4 rings (SSSR count). The molecule has 0 atom stereocenters. The van der Waals surface area contributed by atoms with Crippen LogP contribution in [0.4, 0.5) is 0 Å². The van der Waals surface area contributed by atoms with E-state index in [1.54, 1.807) is 6.07 Å². The average molecular weight is 257 g/mol. The van der Waals surface area contributed by atoms with Gasteiger partial charge in [-0.2, -0.15) is 0 Å². The lowest BCUT2D eigenvalue weighted by molar-refractivity contribution is -0.194. The van der Waals surface area contributed by atoms with Crippen LogP contribution in [0.2, 0.25) is 10.0 Å². The van der Waals surface area contributed by atoms with Gasteiger partial charge < -0.3 is 5.11 Å². The van der Waals surface area contributed by atoms with E-state index in [0.717, 1.165) is 24.8 Å². The number of carbonyl (C=O) groups is 1. The zero-order valence-electron chi connectivity index (χ0n) is 8.46. The van der Waals surface area contributed by atoms with E-state index in [9.17, 15) is 4.79 Å². The Morgan fingerprint density at radius 2 is 1.88 bits per heavy atom. The highest BCUT2D eigenvalue weighted by Gasteiger charge is 2.72. The SMILES string of the molecule is O=C(O)C12CC(c3ccc(Cl)cc3Cl)(C1)C2. The van der Waals surface area contributed by atoms with E-state index in [-0.39, 0.29) is 5.41 Å². The molecule has 0 unspecified atom stereocenters. The third-order valence-corrected chi connectivity index (χ3v) is 4.53. The molecular formula is C12H10Cl2O2. The second-order valence-electron chi connectivity index (χ2n) is 5.02. The van der Waals surface area contributed by atoms with Gasteiger partial charge in [-0.1, -0.05) is 29.3 Å². The molecular weight excluding hydrogens is 247 g/mol. The summed E-state index contributed by atoms with van der Waals surface area (Å²) >= 11 is 12.0. The van der Waals surface area contributed by atoms with Crippen LogP contribution in [0.3, 0.4) is 0 Å². The van der Waals surface area contributed by atoms with Gasteiger partial charge in [-0.3, -0.25) is 4.79 Å². The first-order valence-corrected chi connectivity index (χ1v) is 5.92. The monoisotopic (exact) mass is 256 g/mol. The highest BCUT2D eigenvalue weighted by atomic mass is 35.5. The van der Waals surface area contributed by atoms with Gasteiger partial charge in [-0.25, -0.2) is 0 Å². The van der Waals surface area contributed by atoms with Gasteiger partial charge in [0.05, 0.1) is 5.41 Å². The van der Waals surface area contributed by atoms with Crippen LogP contribution in [0.15, 0.2) is 18.2 Å². The average Bonchev–Trinajstić information content (AvgIpc) is 2.03. The maximum absolute atomic E-state index is 11.0. The van der Waals surface area contributed by atoms with Crippen molar-refractivity contribution < 1.29 is 9.90 Å². The van der Waals surface area contributed by atoms with Crippen molar-refractivity contribution in [2.45, 2.75) is 24.7 Å². The Morgan fingerprint density at radius 3 is 2.38 bits per heavy atom. The lowest BCUT2D eigenvalue weighted by atomic mass is 9.33. The van der Waals surface area contributed by atoms with E-state index < -0.39 is 11.4 Å². The predicted octanol–water partition coefficient (Wildman–Crippen LogP) is 3.50. The Labute approximate surface area is 103 Å². The minimum absolute atomic E-state index is 0.0140. The number of carboxylic acids is 1. The van der Waals surface area contributed by atoms with Crippen molar-refractivity contribution in [3.63, 3.8) is 0 Å². The first-order chi connectivity index (χ1) is 7.47. The van der Waals surface area contributed by atoms with E-state index in [4.69, 9.17) is 28.3 Å². The normalized spacial score (nSPS) is 35.1. The third-order valence-electron chi connectivity index (χ3n) is 3.99. The number of hydrogen-bond donors (Lipinski definition) is 1. The summed E-state index contributed by atoms with van der Waals surface area (Å²) in [5, 5.41) is 10.3. The summed E-state index contributed by atoms with van der Waals surface area (Å²) in [6, 6.07) is 5.47. The molecule has 3 aliphatic rings. The molecule has 4 heteroatoms. The highest BCUT2D eigenvalue weighted by molar-refractivity contribution is 6.35. The van der Waals surface area contributed by atoms with Gasteiger partial charge in [0.25, 0.3) is 0 Å². The molecule has 0 radical (unpaired) electrons. The van der Waals surface area contributed by atoms with Crippen LogP contribution in [0, 0.1) is 5.41 Å². The molecule has 2 nitrogen and oxygen atoms in total. The van der Waals surface area contributed by atoms with Crippen molar-refractivity contribution in [2.24, 2.45) is 5.41 Å². The molecule has 3 fully saturated rings. The highest BCUT2D eigenvalue weighted by Crippen LogP contribution is 2.74. The van der Waals surface area contributed by atoms with Crippen LogP contribution in [0.1, 0.15) is 24.8 Å². The molecule has 0 spiro atoms. The van der Waals surface area contributed by atoms with Gasteiger partial charge in [-0.05, 0) is 37.0 Å². The molecule has 1 aromatic carbocycles. The van der Waals surface area contributed by atoms with Crippen LogP contribution in [-0.2, 0) is 10.2 Å². The lowest BCUT2D eigenvalue weighted by Gasteiger charge is -2.68. The zero-order chi connectivity index (χ0) is 11.6. The zero-order valence-corrected chi connectivity index (χ0v) is 9.98. The van der Waals surface area contributed by atoms with E-state index in [1.165, 1.54) is 0 Å². The molecule has 84 valence electrons. The van der Waals surface area contributed by atoms with E-state index in [2.05, 4.69) is 0 Å². The Balaban J connectivity index is 1.90. The Morgan fingerprint density at radius 1 is 1.25 bits per heavy atom. The number of aliphatic carboxylic acids is 1. The maximum atomic E-state index is 11.0. The van der Waals surface area contributed by atoms with Crippen molar-refractivity contribution in [3.8, 4) is 0 Å². The minimum Gasteiger partial charge on any atom is -0.481 e. The first kappa shape index (κ1) is 10.4. The minimum atomic E-state index is -0.667. The standard InChI is InChI=1S/C12H10Cl2O2/c13-7-1-2-8(9(14)3-7)11-4-12(5-11,6-11)10(15)16/h1-3H,4-6H2,(H,15,16). The molecule has 0 saturated heterocycles. The quantitative estimate of drug-likeness (QED) is 0.880. The number of halogens is 2. The Bertz CT molecular complexity index is 476. The smallest absolute Gasteiger partial charge is 0.309 e. The topological polar surface area (TPSA) is 37.3 Å². The van der Waals surface area contributed by atoms with Crippen LogP contribution in [0.25, 0.3) is 0 Å². The summed E-state index contributed by atoms with van der Waals surface area (Å²) in [5.41, 5.74) is 0.616. The van der Waals surface area contributed by atoms with Crippen molar-refractivity contribution in [2.75, 3.05) is 0 Å². The molecule has 0 aliphatic heterocycles. The van der Waals surface area contributed by atoms with Crippen molar-refractivity contribution in [1.82, 2.24) is 0 Å². The Kier molecular flexibility index (Phi) is 1.91. The number of hydrogen-bond acceptors (Lipinski definition) is 1. The van der Waals surface area contributed by atoms with Gasteiger partial charge in [0.15, 0.2) is 0 Å². The number of carboxylic acid groups (broad SMARTS) is 1. The molecule has 16 heavy (non-hydrogen) atoms. The maximum Gasteiger partial charge on any atom is 0.309 e. The molecule has 3 saturated carbocycles. The third kappa shape index (κ3) is 1.12. The fourth-order valence-electron chi connectivity index (χ4n) is 3.22. The molecule has 0 amide bonds. The summed E-state index contributed by atoms with van der Waals surface area (Å²) < 4.78 is 0. The Hall–Kier alpha value is -0.730. The van der Waals surface area contributed by atoms with Gasteiger partial charge in [-0.15, -0.1) is 0 Å². The van der Waals surface area contributed by atoms with E-state index >= 15 is 0 Å². The van der Waals surface area contributed by atoms with E-state index in [0.29, 0.717) is 10.0 Å². The molecule has 0 aromatic heterocycles. The van der Waals surface area contributed by atoms with Crippen LogP contribution in [-0.4, -0.2) is 11.1 Å². The fraction of sp³-hybridized carbons (Fsp3) is 0.417. The summed E-state index contributed by atoms with van der Waals surface area (Å²) in [4.78, 5) is 11.0. The van der Waals surface area contributed by atoms with Gasteiger partial charge in [0, 0.05) is 15.5 Å². The number of rotatable bonds is 2. The fourth-order valence-corrected chi connectivity index (χ4v) is 3.83. The van der Waals surface area contributed by atoms with E-state index in [1.807, 2.05) is 12.1 Å². The van der Waals surface area contributed by atoms with Crippen molar-refractivity contribution in [1.29, 1.82) is 0 Å². The summed E-state index contributed by atoms with van der Waals surface area (Å²) in [6.07, 6.45) is 2.16. The largest absolute Gasteiger partial charge is 0.481 e. The second-order valence-corrected chi connectivity index (χ2v) is 5.86. The summed E-state index contributed by atoms with van der Waals surface area (Å²) in [7, 11) is 0. The summed E-state index contributed by atoms with van der Waals surface area (Å²) in [6.45, 7) is 0. The van der Waals surface area contributed by atoms with Crippen LogP contribution in [0.5, 0.6) is 0 Å². The lowest BCUT2D eigenvalue weighted by Crippen LogP contribution is -2.67. The first-order valence-electron chi connectivity index (χ1n) is 5.17. The predicted molar refractivity (Wildman–Crippen MR) is 62.1 cm³/mol. The van der Waals surface area contributed by atoms with Crippen LogP contribution < -0.4 is 0 Å².